The van der Waals surface area contributed by atoms with E-state index in [0.717, 1.165) is 22.4 Å². The standard InChI is InChI=1S/C24H25N3O4/c1-26-11-9-19(25-26)17-7-5-16(6-8-17)13-27-14-18-3-2-4-21(23(18)24(27)29)31-22-15-30-12-10-20(22)28/h2-9,11,20,22,28H,10,12-15H2,1H3/t20-,22-/m1/s1. The van der Waals surface area contributed by atoms with Gasteiger partial charge in [0.2, 0.25) is 0 Å². The summed E-state index contributed by atoms with van der Waals surface area (Å²) in [5, 5.41) is 14.6. The molecule has 0 unspecified atom stereocenters. The maximum atomic E-state index is 13.2. The molecular formula is C24H25N3O4. The van der Waals surface area contributed by atoms with Gasteiger partial charge in [-0.1, -0.05) is 36.4 Å². The number of nitrogens with zero attached hydrogens (tertiary/aromatic N) is 3. The van der Waals surface area contributed by atoms with E-state index >= 15 is 0 Å². The van der Waals surface area contributed by atoms with Crippen molar-refractivity contribution in [2.45, 2.75) is 31.7 Å². The lowest BCUT2D eigenvalue weighted by atomic mass is 10.1. The predicted molar refractivity (Wildman–Crippen MR) is 115 cm³/mol. The molecule has 0 bridgehead atoms. The van der Waals surface area contributed by atoms with Crippen LogP contribution in [0.3, 0.4) is 0 Å². The average Bonchev–Trinajstić information content (AvgIpc) is 3.34. The van der Waals surface area contributed by atoms with Crippen LogP contribution >= 0.6 is 0 Å². The lowest BCUT2D eigenvalue weighted by Gasteiger charge is -2.28. The number of fused-ring (bicyclic) bond motifs is 1. The highest BCUT2D eigenvalue weighted by molar-refractivity contribution is 6.01. The van der Waals surface area contributed by atoms with E-state index in [2.05, 4.69) is 5.10 Å². The quantitative estimate of drug-likeness (QED) is 0.688. The predicted octanol–water partition coefficient (Wildman–Crippen LogP) is 2.77. The monoisotopic (exact) mass is 419 g/mol. The Kier molecular flexibility index (Phi) is 5.21. The molecule has 5 rings (SSSR count). The van der Waals surface area contributed by atoms with E-state index in [1.807, 2.05) is 60.6 Å². The highest BCUT2D eigenvalue weighted by atomic mass is 16.5. The molecule has 7 heteroatoms. The molecule has 7 nitrogen and oxygen atoms in total. The van der Waals surface area contributed by atoms with Gasteiger partial charge in [-0.05, 0) is 23.3 Å². The molecule has 1 amide bonds. The SMILES string of the molecule is Cn1ccc(-c2ccc(CN3Cc4cccc(O[C@@H]5COCC[C@H]5O)c4C3=O)cc2)n1. The van der Waals surface area contributed by atoms with Gasteiger partial charge in [0.1, 0.15) is 11.9 Å². The van der Waals surface area contributed by atoms with Crippen LogP contribution in [0.25, 0.3) is 11.3 Å². The molecule has 3 aromatic rings. The number of aliphatic hydroxyl groups is 1. The third kappa shape index (κ3) is 3.94. The van der Waals surface area contributed by atoms with Crippen LogP contribution in [0.5, 0.6) is 5.75 Å². The molecule has 31 heavy (non-hydrogen) atoms. The van der Waals surface area contributed by atoms with Gasteiger partial charge in [0.05, 0.1) is 24.0 Å². The Labute approximate surface area is 180 Å². The summed E-state index contributed by atoms with van der Waals surface area (Å²) in [5.74, 6) is 0.468. The van der Waals surface area contributed by atoms with E-state index in [0.29, 0.717) is 44.0 Å². The molecule has 0 aliphatic carbocycles. The summed E-state index contributed by atoms with van der Waals surface area (Å²) in [6, 6.07) is 15.8. The number of hydrogen-bond donors (Lipinski definition) is 1. The number of benzene rings is 2. The number of carbonyl (C=O) groups excluding carboxylic acids is 1. The van der Waals surface area contributed by atoms with Crippen molar-refractivity contribution in [2.24, 2.45) is 7.05 Å². The molecule has 160 valence electrons. The van der Waals surface area contributed by atoms with Crippen molar-refractivity contribution in [3.05, 3.63) is 71.4 Å². The number of carbonyl (C=O) groups is 1. The minimum Gasteiger partial charge on any atom is -0.484 e. The lowest BCUT2D eigenvalue weighted by Crippen LogP contribution is -2.41. The first-order valence-corrected chi connectivity index (χ1v) is 10.5. The van der Waals surface area contributed by atoms with Crippen LogP contribution in [0, 0.1) is 0 Å². The zero-order chi connectivity index (χ0) is 21.4. The molecule has 0 saturated carbocycles. The Balaban J connectivity index is 1.31. The van der Waals surface area contributed by atoms with E-state index in [9.17, 15) is 9.90 Å². The molecule has 2 atom stereocenters. The fourth-order valence-electron chi connectivity index (χ4n) is 4.16. The largest absolute Gasteiger partial charge is 0.484 e. The van der Waals surface area contributed by atoms with Crippen LogP contribution in [0.2, 0.25) is 0 Å². The summed E-state index contributed by atoms with van der Waals surface area (Å²) in [4.78, 5) is 15.0. The fourth-order valence-corrected chi connectivity index (χ4v) is 4.16. The van der Waals surface area contributed by atoms with Crippen molar-refractivity contribution in [1.29, 1.82) is 0 Å². The second kappa shape index (κ2) is 8.17. The lowest BCUT2D eigenvalue weighted by molar-refractivity contribution is -0.0736. The highest BCUT2D eigenvalue weighted by Crippen LogP contribution is 2.33. The topological polar surface area (TPSA) is 76.8 Å². The number of amides is 1. The number of ether oxygens (including phenoxy) is 2. The Morgan fingerprint density at radius 3 is 2.77 bits per heavy atom. The van der Waals surface area contributed by atoms with Crippen molar-refractivity contribution in [3.8, 4) is 17.0 Å². The Hall–Kier alpha value is -3.16. The first-order chi connectivity index (χ1) is 15.1. The molecule has 1 saturated heterocycles. The summed E-state index contributed by atoms with van der Waals surface area (Å²) >= 11 is 0. The van der Waals surface area contributed by atoms with E-state index in [-0.39, 0.29) is 5.91 Å². The minimum atomic E-state index is -0.588. The van der Waals surface area contributed by atoms with Crippen molar-refractivity contribution in [2.75, 3.05) is 13.2 Å². The molecule has 3 heterocycles. The molecule has 0 radical (unpaired) electrons. The van der Waals surface area contributed by atoms with Gasteiger partial charge in [-0.25, -0.2) is 0 Å². The molecule has 2 aliphatic rings. The third-order valence-corrected chi connectivity index (χ3v) is 5.86. The van der Waals surface area contributed by atoms with Gasteiger partial charge in [-0.15, -0.1) is 0 Å². The van der Waals surface area contributed by atoms with Crippen LogP contribution in [0.1, 0.15) is 27.9 Å². The first-order valence-electron chi connectivity index (χ1n) is 10.5. The van der Waals surface area contributed by atoms with Gasteiger partial charge in [0.15, 0.2) is 0 Å². The highest BCUT2D eigenvalue weighted by Gasteiger charge is 2.33. The molecule has 2 aromatic carbocycles. The third-order valence-electron chi connectivity index (χ3n) is 5.86. The second-order valence-corrected chi connectivity index (χ2v) is 8.11. The average molecular weight is 419 g/mol. The van der Waals surface area contributed by atoms with Crippen LogP contribution in [0.4, 0.5) is 0 Å². The van der Waals surface area contributed by atoms with Crippen LogP contribution in [0.15, 0.2) is 54.7 Å². The van der Waals surface area contributed by atoms with Gasteiger partial charge >= 0.3 is 0 Å². The maximum Gasteiger partial charge on any atom is 0.258 e. The molecule has 2 aliphatic heterocycles. The normalized spacial score (nSPS) is 20.7. The molecule has 1 N–H and O–H groups in total. The van der Waals surface area contributed by atoms with E-state index in [4.69, 9.17) is 9.47 Å². The van der Waals surface area contributed by atoms with Crippen molar-refractivity contribution in [3.63, 3.8) is 0 Å². The number of aliphatic hydroxyl groups excluding tert-OH is 1. The summed E-state index contributed by atoms with van der Waals surface area (Å²) in [6.45, 7) is 1.91. The number of hydrogen-bond acceptors (Lipinski definition) is 5. The van der Waals surface area contributed by atoms with Crippen LogP contribution in [-0.4, -0.2) is 51.1 Å². The fraction of sp³-hybridized carbons (Fsp3) is 0.333. The Bertz CT molecular complexity index is 1090. The summed E-state index contributed by atoms with van der Waals surface area (Å²) in [6.07, 6.45) is 1.41. The van der Waals surface area contributed by atoms with Gasteiger partial charge in [-0.2, -0.15) is 5.10 Å². The maximum absolute atomic E-state index is 13.2. The second-order valence-electron chi connectivity index (χ2n) is 8.11. The van der Waals surface area contributed by atoms with Crippen molar-refractivity contribution >= 4 is 5.91 Å². The van der Waals surface area contributed by atoms with Crippen molar-refractivity contribution in [1.82, 2.24) is 14.7 Å². The van der Waals surface area contributed by atoms with E-state index in [1.54, 1.807) is 10.7 Å². The van der Waals surface area contributed by atoms with E-state index < -0.39 is 12.2 Å². The Morgan fingerprint density at radius 1 is 1.19 bits per heavy atom. The van der Waals surface area contributed by atoms with Gasteiger partial charge in [0.25, 0.3) is 5.91 Å². The number of aromatic nitrogens is 2. The van der Waals surface area contributed by atoms with Gasteiger partial charge < -0.3 is 19.5 Å². The zero-order valence-corrected chi connectivity index (χ0v) is 17.4. The van der Waals surface area contributed by atoms with Crippen molar-refractivity contribution < 1.29 is 19.4 Å². The van der Waals surface area contributed by atoms with Crippen LogP contribution < -0.4 is 4.74 Å². The molecular weight excluding hydrogens is 394 g/mol. The van der Waals surface area contributed by atoms with E-state index in [1.165, 1.54) is 0 Å². The molecule has 0 spiro atoms. The number of rotatable bonds is 5. The zero-order valence-electron chi connectivity index (χ0n) is 17.4. The molecule has 1 aromatic heterocycles. The summed E-state index contributed by atoms with van der Waals surface area (Å²) in [5.41, 5.74) is 4.56. The summed E-state index contributed by atoms with van der Waals surface area (Å²) in [7, 11) is 1.90. The Morgan fingerprint density at radius 2 is 2.03 bits per heavy atom. The minimum absolute atomic E-state index is 0.0504. The van der Waals surface area contributed by atoms with Gasteiger partial charge in [-0.3, -0.25) is 9.48 Å². The number of aryl methyl sites for hydroxylation is 1. The molecule has 1 fully saturated rings. The first kappa shape index (κ1) is 19.8. The smallest absolute Gasteiger partial charge is 0.258 e. The van der Waals surface area contributed by atoms with Crippen LogP contribution in [-0.2, 0) is 24.9 Å². The summed E-state index contributed by atoms with van der Waals surface area (Å²) < 4.78 is 13.2. The van der Waals surface area contributed by atoms with Gasteiger partial charge in [0, 0.05) is 44.9 Å².